The van der Waals surface area contributed by atoms with Crippen LogP contribution in [0.3, 0.4) is 0 Å². The van der Waals surface area contributed by atoms with Gasteiger partial charge < -0.3 is 19.7 Å². The highest BCUT2D eigenvalue weighted by Gasteiger charge is 2.22. The summed E-state index contributed by atoms with van der Waals surface area (Å²) < 4.78 is 11.0. The molecule has 1 aromatic rings. The molecule has 1 aliphatic heterocycles. The van der Waals surface area contributed by atoms with Gasteiger partial charge in [0.25, 0.3) is 5.91 Å². The van der Waals surface area contributed by atoms with E-state index in [-0.39, 0.29) is 24.0 Å². The molecule has 0 saturated carbocycles. The van der Waals surface area contributed by atoms with Crippen LogP contribution in [-0.2, 0) is 4.79 Å². The van der Waals surface area contributed by atoms with Gasteiger partial charge in [-0.15, -0.1) is 0 Å². The Labute approximate surface area is 143 Å². The third kappa shape index (κ3) is 4.63. The Balaban J connectivity index is 1.99. The highest BCUT2D eigenvalue weighted by molar-refractivity contribution is 5.95. The van der Waals surface area contributed by atoms with Gasteiger partial charge in [-0.3, -0.25) is 9.59 Å². The van der Waals surface area contributed by atoms with E-state index in [0.29, 0.717) is 30.2 Å². The molecule has 1 fully saturated rings. The van der Waals surface area contributed by atoms with Crippen LogP contribution in [0.4, 0.5) is 0 Å². The van der Waals surface area contributed by atoms with E-state index in [4.69, 9.17) is 9.47 Å². The van der Waals surface area contributed by atoms with Crippen molar-refractivity contribution in [1.82, 2.24) is 10.2 Å². The van der Waals surface area contributed by atoms with Crippen LogP contribution in [0.1, 0.15) is 44.0 Å². The molecular formula is C18H26N2O4. The van der Waals surface area contributed by atoms with Crippen LogP contribution < -0.4 is 14.8 Å². The average molecular weight is 334 g/mol. The van der Waals surface area contributed by atoms with E-state index >= 15 is 0 Å². The number of amides is 2. The molecule has 24 heavy (non-hydrogen) atoms. The lowest BCUT2D eigenvalue weighted by Gasteiger charge is -2.31. The molecule has 1 aliphatic rings. The lowest BCUT2D eigenvalue weighted by Crippen LogP contribution is -2.46. The predicted molar refractivity (Wildman–Crippen MR) is 91.5 cm³/mol. The molecular weight excluding hydrogens is 308 g/mol. The van der Waals surface area contributed by atoms with Crippen LogP contribution in [0.2, 0.25) is 0 Å². The Bertz CT molecular complexity index is 593. The number of carbonyl (C=O) groups excluding carboxylic acids is 2. The number of ether oxygens (including phenoxy) is 2. The van der Waals surface area contributed by atoms with Crippen molar-refractivity contribution in [3.63, 3.8) is 0 Å². The van der Waals surface area contributed by atoms with E-state index in [2.05, 4.69) is 5.32 Å². The van der Waals surface area contributed by atoms with Crippen molar-refractivity contribution in [2.24, 2.45) is 0 Å². The monoisotopic (exact) mass is 334 g/mol. The minimum absolute atomic E-state index is 0.0324. The maximum absolute atomic E-state index is 12.4. The van der Waals surface area contributed by atoms with E-state index in [1.807, 2.05) is 18.7 Å². The van der Waals surface area contributed by atoms with E-state index in [1.54, 1.807) is 32.2 Å². The number of piperidine rings is 1. The molecule has 1 N–H and O–H groups in total. The summed E-state index contributed by atoms with van der Waals surface area (Å²) in [6.45, 7) is 6.82. The van der Waals surface area contributed by atoms with Gasteiger partial charge in [-0.2, -0.15) is 0 Å². The van der Waals surface area contributed by atoms with E-state index < -0.39 is 0 Å². The van der Waals surface area contributed by atoms with E-state index in [0.717, 1.165) is 12.8 Å². The Kier molecular flexibility index (Phi) is 6.06. The Morgan fingerprint density at radius 2 is 1.88 bits per heavy atom. The van der Waals surface area contributed by atoms with Crippen LogP contribution in [-0.4, -0.2) is 49.1 Å². The lowest BCUT2D eigenvalue weighted by molar-refractivity contribution is -0.129. The van der Waals surface area contributed by atoms with Gasteiger partial charge in [-0.05, 0) is 44.9 Å². The molecule has 0 aliphatic carbocycles. The molecule has 1 heterocycles. The number of nitrogens with zero attached hydrogens (tertiary/aromatic N) is 1. The van der Waals surface area contributed by atoms with Gasteiger partial charge in [0.2, 0.25) is 5.91 Å². The normalized spacial score (nSPS) is 15.3. The minimum atomic E-state index is -0.134. The second-order valence-electron chi connectivity index (χ2n) is 6.29. The zero-order valence-corrected chi connectivity index (χ0v) is 14.8. The van der Waals surface area contributed by atoms with Crippen LogP contribution >= 0.6 is 0 Å². The van der Waals surface area contributed by atoms with Gasteiger partial charge in [-0.1, -0.05) is 0 Å². The van der Waals surface area contributed by atoms with Crippen molar-refractivity contribution < 1.29 is 19.1 Å². The first-order valence-electron chi connectivity index (χ1n) is 8.31. The summed E-state index contributed by atoms with van der Waals surface area (Å²) in [5, 5.41) is 3.03. The average Bonchev–Trinajstić information content (AvgIpc) is 2.55. The van der Waals surface area contributed by atoms with Crippen molar-refractivity contribution in [2.45, 2.75) is 45.8 Å². The number of hydrogen-bond donors (Lipinski definition) is 1. The highest BCUT2D eigenvalue weighted by atomic mass is 16.5. The second kappa shape index (κ2) is 8.04. The molecule has 0 unspecified atom stereocenters. The number of hydrogen-bond acceptors (Lipinski definition) is 4. The molecule has 2 amide bonds. The largest absolute Gasteiger partial charge is 0.493 e. The summed E-state index contributed by atoms with van der Waals surface area (Å²) in [5.41, 5.74) is 0.539. The number of carbonyl (C=O) groups is 2. The molecule has 1 aromatic carbocycles. The molecule has 6 heteroatoms. The first-order valence-corrected chi connectivity index (χ1v) is 8.31. The number of methoxy groups -OCH3 is 1. The molecule has 0 atom stereocenters. The molecule has 0 bridgehead atoms. The zero-order valence-electron chi connectivity index (χ0n) is 14.8. The third-order valence-corrected chi connectivity index (χ3v) is 4.06. The minimum Gasteiger partial charge on any atom is -0.493 e. The van der Waals surface area contributed by atoms with E-state index in [9.17, 15) is 9.59 Å². The lowest BCUT2D eigenvalue weighted by atomic mass is 10.0. The smallest absolute Gasteiger partial charge is 0.251 e. The van der Waals surface area contributed by atoms with Crippen molar-refractivity contribution in [2.75, 3.05) is 20.2 Å². The maximum atomic E-state index is 12.4. The van der Waals surface area contributed by atoms with Crippen LogP contribution in [0, 0.1) is 0 Å². The summed E-state index contributed by atoms with van der Waals surface area (Å²) in [5.74, 6) is 1.12. The predicted octanol–water partition coefficient (Wildman–Crippen LogP) is 2.22. The molecule has 0 aromatic heterocycles. The third-order valence-electron chi connectivity index (χ3n) is 4.06. The summed E-state index contributed by atoms with van der Waals surface area (Å²) >= 11 is 0. The van der Waals surface area contributed by atoms with E-state index in [1.165, 1.54) is 0 Å². The quantitative estimate of drug-likeness (QED) is 0.896. The highest BCUT2D eigenvalue weighted by Crippen LogP contribution is 2.29. The molecule has 0 radical (unpaired) electrons. The second-order valence-corrected chi connectivity index (χ2v) is 6.29. The van der Waals surface area contributed by atoms with Crippen molar-refractivity contribution >= 4 is 11.8 Å². The van der Waals surface area contributed by atoms with Crippen LogP contribution in [0.25, 0.3) is 0 Å². The summed E-state index contributed by atoms with van der Waals surface area (Å²) in [7, 11) is 1.56. The molecule has 6 nitrogen and oxygen atoms in total. The Hall–Kier alpha value is -2.24. The Morgan fingerprint density at radius 1 is 1.21 bits per heavy atom. The molecule has 132 valence electrons. The first kappa shape index (κ1) is 18.1. The number of nitrogens with one attached hydrogen (secondary N) is 1. The first-order chi connectivity index (χ1) is 11.4. The molecule has 0 spiro atoms. The SMILES string of the molecule is COc1cc(C(=O)NC2CCN(C(C)=O)CC2)ccc1OC(C)C. The standard InChI is InChI=1S/C18H26N2O4/c1-12(2)24-16-6-5-14(11-17(16)23-4)18(22)19-15-7-9-20(10-8-15)13(3)21/h5-6,11-12,15H,7-10H2,1-4H3,(H,19,22). The van der Waals surface area contributed by atoms with Crippen molar-refractivity contribution in [3.8, 4) is 11.5 Å². The van der Waals surface area contributed by atoms with Gasteiger partial charge >= 0.3 is 0 Å². The van der Waals surface area contributed by atoms with Crippen molar-refractivity contribution in [1.29, 1.82) is 0 Å². The van der Waals surface area contributed by atoms with Gasteiger partial charge in [0, 0.05) is 31.6 Å². The zero-order chi connectivity index (χ0) is 17.7. The summed E-state index contributed by atoms with van der Waals surface area (Å²) in [6, 6.07) is 5.27. The maximum Gasteiger partial charge on any atom is 0.251 e. The van der Waals surface area contributed by atoms with Crippen molar-refractivity contribution in [3.05, 3.63) is 23.8 Å². The summed E-state index contributed by atoms with van der Waals surface area (Å²) in [6.07, 6.45) is 1.58. The number of benzene rings is 1. The van der Waals surface area contributed by atoms with Gasteiger partial charge in [0.05, 0.1) is 13.2 Å². The van der Waals surface area contributed by atoms with Gasteiger partial charge in [-0.25, -0.2) is 0 Å². The number of likely N-dealkylation sites (tertiary alicyclic amines) is 1. The Morgan fingerprint density at radius 3 is 2.42 bits per heavy atom. The topological polar surface area (TPSA) is 67.9 Å². The van der Waals surface area contributed by atoms with Gasteiger partial charge in [0.15, 0.2) is 11.5 Å². The van der Waals surface area contributed by atoms with Crippen LogP contribution in [0.15, 0.2) is 18.2 Å². The molecule has 2 rings (SSSR count). The molecule has 1 saturated heterocycles. The van der Waals surface area contributed by atoms with Crippen LogP contribution in [0.5, 0.6) is 11.5 Å². The fourth-order valence-electron chi connectivity index (χ4n) is 2.77. The fraction of sp³-hybridized carbons (Fsp3) is 0.556. The van der Waals surface area contributed by atoms with Gasteiger partial charge in [0.1, 0.15) is 0 Å². The fourth-order valence-corrected chi connectivity index (χ4v) is 2.77. The summed E-state index contributed by atoms with van der Waals surface area (Å²) in [4.78, 5) is 25.6. The number of rotatable bonds is 5.